The highest BCUT2D eigenvalue weighted by molar-refractivity contribution is 7.29. The molecule has 0 spiro atoms. The molecule has 6 aromatic heterocycles. The lowest BCUT2D eigenvalue weighted by Crippen LogP contribution is -1.76. The Labute approximate surface area is 299 Å². The minimum atomic E-state index is 1.04. The molecule has 10 rings (SSSR count). The molecule has 4 aromatic carbocycles. The van der Waals surface area contributed by atoms with Crippen LogP contribution < -0.4 is 0 Å². The van der Waals surface area contributed by atoms with Crippen LogP contribution in [0.25, 0.3) is 91.6 Å². The van der Waals surface area contributed by atoms with Crippen LogP contribution in [0.5, 0.6) is 0 Å². The van der Waals surface area contributed by atoms with Crippen LogP contribution in [0, 0.1) is 0 Å². The van der Waals surface area contributed by atoms with E-state index in [4.69, 9.17) is 9.97 Å². The summed E-state index contributed by atoms with van der Waals surface area (Å²) in [5.41, 5.74) is 4.38. The molecular weight excluding hydrogens is 705 g/mol. The highest BCUT2D eigenvalue weighted by Gasteiger charge is 2.16. The zero-order valence-electron chi connectivity index (χ0n) is 24.8. The van der Waals surface area contributed by atoms with E-state index in [1.807, 2.05) is 24.5 Å². The van der Waals surface area contributed by atoms with Crippen LogP contribution in [0.1, 0.15) is 0 Å². The fourth-order valence-corrected chi connectivity index (χ4v) is 11.8. The Kier molecular flexibility index (Phi) is 6.92. The molecule has 0 radical (unpaired) electrons. The second-order valence-corrected chi connectivity index (χ2v) is 17.4. The van der Waals surface area contributed by atoms with Crippen molar-refractivity contribution in [2.45, 2.75) is 0 Å². The molecule has 0 aliphatic rings. The summed E-state index contributed by atoms with van der Waals surface area (Å²) in [6.45, 7) is 0. The standard InChI is InChI=1S/C38H20N4S6/c1-3-7-21(8-4-1)35-39-19-33(47-35)27-11-13-29(43-27)37-41-25-15-23-18-32-26(16-24(23)17-31(25)45-37)42-38(46-32)30-14-12-28(44-30)34-20-40-36(48-34)22-9-5-2-6-10-22/h1-20H. The molecule has 228 valence electrons. The van der Waals surface area contributed by atoms with Gasteiger partial charge in [-0.25, -0.2) is 19.9 Å². The van der Waals surface area contributed by atoms with E-state index in [0.29, 0.717) is 0 Å². The number of rotatable bonds is 6. The topological polar surface area (TPSA) is 51.6 Å². The third-order valence-corrected chi connectivity index (χ3v) is 15.1. The number of thiazole rings is 4. The van der Waals surface area contributed by atoms with E-state index >= 15 is 0 Å². The van der Waals surface area contributed by atoms with Gasteiger partial charge in [0.2, 0.25) is 0 Å². The Morgan fingerprint density at radius 1 is 0.354 bits per heavy atom. The van der Waals surface area contributed by atoms with Crippen LogP contribution >= 0.6 is 68.0 Å². The maximum absolute atomic E-state index is 5.08. The van der Waals surface area contributed by atoms with E-state index in [-0.39, 0.29) is 0 Å². The van der Waals surface area contributed by atoms with Crippen molar-refractivity contribution < 1.29 is 0 Å². The average molecular weight is 725 g/mol. The van der Waals surface area contributed by atoms with Crippen molar-refractivity contribution in [3.8, 4) is 60.4 Å². The van der Waals surface area contributed by atoms with Crippen molar-refractivity contribution >= 4 is 99.2 Å². The van der Waals surface area contributed by atoms with Gasteiger partial charge in [-0.1, -0.05) is 60.7 Å². The summed E-state index contributed by atoms with van der Waals surface area (Å²) in [6.07, 6.45) is 3.97. The molecule has 6 heterocycles. The van der Waals surface area contributed by atoms with Gasteiger partial charge < -0.3 is 0 Å². The zero-order chi connectivity index (χ0) is 31.6. The van der Waals surface area contributed by atoms with Gasteiger partial charge in [0.25, 0.3) is 0 Å². The summed E-state index contributed by atoms with van der Waals surface area (Å²) in [6, 6.07) is 38.5. The molecule has 0 aliphatic heterocycles. The summed E-state index contributed by atoms with van der Waals surface area (Å²) in [5.74, 6) is 0. The SMILES string of the molecule is c1ccc(-c2ncc(-c3ccc(-c4nc5cc6cc7sc(-c8ccc(-c9cnc(-c%10ccccc%10)s9)s8)nc7cc6cc5s4)s3)s2)cc1. The summed E-state index contributed by atoms with van der Waals surface area (Å²) < 4.78 is 2.38. The Bertz CT molecular complexity index is 2490. The first-order valence-electron chi connectivity index (χ1n) is 15.1. The van der Waals surface area contributed by atoms with Crippen molar-refractivity contribution in [2.75, 3.05) is 0 Å². The van der Waals surface area contributed by atoms with Crippen LogP contribution in [0.3, 0.4) is 0 Å². The molecule has 10 aromatic rings. The van der Waals surface area contributed by atoms with Crippen molar-refractivity contribution in [1.29, 1.82) is 0 Å². The third kappa shape index (κ3) is 5.13. The van der Waals surface area contributed by atoms with Crippen molar-refractivity contribution in [1.82, 2.24) is 19.9 Å². The van der Waals surface area contributed by atoms with Crippen LogP contribution in [0.15, 0.2) is 122 Å². The molecule has 0 bridgehead atoms. The molecule has 0 unspecified atom stereocenters. The molecule has 0 aliphatic carbocycles. The molecule has 0 amide bonds. The van der Waals surface area contributed by atoms with Gasteiger partial charge in [0, 0.05) is 33.3 Å². The minimum absolute atomic E-state index is 1.04. The Morgan fingerprint density at radius 3 is 1.25 bits per heavy atom. The molecular formula is C38H20N4S6. The monoisotopic (exact) mass is 724 g/mol. The molecule has 4 nitrogen and oxygen atoms in total. The van der Waals surface area contributed by atoms with Gasteiger partial charge in [0.05, 0.1) is 39.9 Å². The quantitative estimate of drug-likeness (QED) is 0.171. The van der Waals surface area contributed by atoms with E-state index in [9.17, 15) is 0 Å². The molecule has 0 fully saturated rings. The second-order valence-electron chi connectivity index (χ2n) is 11.1. The van der Waals surface area contributed by atoms with Gasteiger partial charge in [0.1, 0.15) is 20.0 Å². The summed E-state index contributed by atoms with van der Waals surface area (Å²) in [7, 11) is 0. The predicted molar refractivity (Wildman–Crippen MR) is 210 cm³/mol. The lowest BCUT2D eigenvalue weighted by molar-refractivity contribution is 1.42. The van der Waals surface area contributed by atoms with Gasteiger partial charge in [-0.2, -0.15) is 0 Å². The lowest BCUT2D eigenvalue weighted by atomic mass is 10.1. The van der Waals surface area contributed by atoms with Crippen LogP contribution in [0.4, 0.5) is 0 Å². The minimum Gasteiger partial charge on any atom is -0.244 e. The zero-order valence-corrected chi connectivity index (χ0v) is 29.7. The van der Waals surface area contributed by atoms with E-state index in [2.05, 4.69) is 107 Å². The van der Waals surface area contributed by atoms with Gasteiger partial charge in [-0.15, -0.1) is 68.0 Å². The number of fused-ring (bicyclic) bond motifs is 3. The van der Waals surface area contributed by atoms with E-state index in [1.54, 1.807) is 68.0 Å². The maximum atomic E-state index is 5.08. The first-order valence-corrected chi connectivity index (χ1v) is 20.0. The van der Waals surface area contributed by atoms with Crippen LogP contribution in [0.2, 0.25) is 0 Å². The Balaban J connectivity index is 0.929. The Morgan fingerprint density at radius 2 is 0.792 bits per heavy atom. The number of nitrogens with zero attached hydrogens (tertiary/aromatic N) is 4. The summed E-state index contributed by atoms with van der Waals surface area (Å²) in [4.78, 5) is 26.7. The fraction of sp³-hybridized carbons (Fsp3) is 0. The van der Waals surface area contributed by atoms with E-state index in [1.165, 1.54) is 49.4 Å². The maximum Gasteiger partial charge on any atom is 0.134 e. The molecule has 0 saturated carbocycles. The Hall–Kier alpha value is -4.42. The fourth-order valence-electron chi connectivity index (χ4n) is 5.68. The average Bonchev–Trinajstić information content (AvgIpc) is 3.97. The number of benzene rings is 4. The van der Waals surface area contributed by atoms with E-state index < -0.39 is 0 Å². The number of hydrogen-bond donors (Lipinski definition) is 0. The highest BCUT2D eigenvalue weighted by atomic mass is 32.1. The second kappa shape index (κ2) is 11.6. The molecule has 0 N–H and O–H groups in total. The first-order chi connectivity index (χ1) is 23.7. The molecule has 48 heavy (non-hydrogen) atoms. The third-order valence-electron chi connectivity index (χ3n) is 8.03. The number of hydrogen-bond acceptors (Lipinski definition) is 10. The number of thiophene rings is 2. The first kappa shape index (κ1) is 28.6. The summed E-state index contributed by atoms with van der Waals surface area (Å²) in [5, 5.41) is 6.58. The van der Waals surface area contributed by atoms with Gasteiger partial charge in [-0.05, 0) is 59.3 Å². The molecule has 0 atom stereocenters. The molecule has 10 heteroatoms. The van der Waals surface area contributed by atoms with Gasteiger partial charge in [-0.3, -0.25) is 0 Å². The van der Waals surface area contributed by atoms with Crippen LogP contribution in [-0.2, 0) is 0 Å². The molecule has 0 saturated heterocycles. The van der Waals surface area contributed by atoms with Crippen molar-refractivity contribution in [3.63, 3.8) is 0 Å². The summed E-state index contributed by atoms with van der Waals surface area (Å²) >= 11 is 10.5. The lowest BCUT2D eigenvalue weighted by Gasteiger charge is -1.97. The van der Waals surface area contributed by atoms with Gasteiger partial charge in [0.15, 0.2) is 0 Å². The highest BCUT2D eigenvalue weighted by Crippen LogP contribution is 2.44. The van der Waals surface area contributed by atoms with Crippen molar-refractivity contribution in [3.05, 3.63) is 122 Å². The smallest absolute Gasteiger partial charge is 0.134 e. The number of aromatic nitrogens is 4. The van der Waals surface area contributed by atoms with Crippen LogP contribution in [-0.4, -0.2) is 19.9 Å². The van der Waals surface area contributed by atoms with Gasteiger partial charge >= 0.3 is 0 Å². The normalized spacial score (nSPS) is 11.8. The van der Waals surface area contributed by atoms with E-state index in [0.717, 1.165) is 42.2 Å². The van der Waals surface area contributed by atoms with Crippen molar-refractivity contribution in [2.24, 2.45) is 0 Å². The largest absolute Gasteiger partial charge is 0.244 e. The predicted octanol–water partition coefficient (Wildman–Crippen LogP) is 13.1.